The van der Waals surface area contributed by atoms with Gasteiger partial charge in [0.2, 0.25) is 6.79 Å². The van der Waals surface area contributed by atoms with Gasteiger partial charge in [-0.25, -0.2) is 0 Å². The molecule has 0 spiro atoms. The van der Waals surface area contributed by atoms with Crippen LogP contribution in [0.4, 0.5) is 0 Å². The van der Waals surface area contributed by atoms with Gasteiger partial charge in [0.15, 0.2) is 11.5 Å². The van der Waals surface area contributed by atoms with Crippen LogP contribution in [0.2, 0.25) is 0 Å². The summed E-state index contributed by atoms with van der Waals surface area (Å²) in [4.78, 5) is 0. The van der Waals surface area contributed by atoms with Gasteiger partial charge in [-0.05, 0) is 30.5 Å². The molecule has 1 aromatic rings. The highest BCUT2D eigenvalue weighted by Gasteiger charge is 2.13. The van der Waals surface area contributed by atoms with Gasteiger partial charge in [-0.3, -0.25) is 0 Å². The van der Waals surface area contributed by atoms with E-state index in [0.29, 0.717) is 19.1 Å². The molecule has 1 aliphatic rings. The van der Waals surface area contributed by atoms with Gasteiger partial charge in [-0.1, -0.05) is 19.9 Å². The molecule has 0 radical (unpaired) electrons. The average Bonchev–Trinajstić information content (AvgIpc) is 2.88. The van der Waals surface area contributed by atoms with Gasteiger partial charge in [0.1, 0.15) is 12.4 Å². The summed E-state index contributed by atoms with van der Waals surface area (Å²) in [6, 6.07) is 5.60. The van der Waals surface area contributed by atoms with E-state index in [-0.39, 0.29) is 6.79 Å². The van der Waals surface area contributed by atoms with Crippen molar-refractivity contribution < 1.29 is 18.9 Å². The van der Waals surface area contributed by atoms with Gasteiger partial charge in [0.25, 0.3) is 0 Å². The summed E-state index contributed by atoms with van der Waals surface area (Å²) in [5, 5.41) is 0. The van der Waals surface area contributed by atoms with Crippen molar-refractivity contribution in [2.45, 2.75) is 20.8 Å². The first-order valence-corrected chi connectivity index (χ1v) is 6.91. The molecule has 1 aromatic carbocycles. The van der Waals surface area contributed by atoms with E-state index >= 15 is 0 Å². The second-order valence-electron chi connectivity index (χ2n) is 5.29. The minimum absolute atomic E-state index is 0.283. The molecule has 0 aromatic heterocycles. The van der Waals surface area contributed by atoms with Crippen LogP contribution in [-0.2, 0) is 4.74 Å². The molecule has 0 unspecified atom stereocenters. The fourth-order valence-electron chi connectivity index (χ4n) is 1.73. The number of fused-ring (bicyclic) bond motifs is 1. The zero-order valence-electron chi connectivity index (χ0n) is 12.3. The zero-order chi connectivity index (χ0) is 14.4. The van der Waals surface area contributed by atoms with E-state index in [2.05, 4.69) is 19.9 Å². The molecule has 2 rings (SSSR count). The van der Waals surface area contributed by atoms with Crippen LogP contribution in [0.15, 0.2) is 29.8 Å². The van der Waals surface area contributed by atoms with E-state index in [1.165, 1.54) is 0 Å². The van der Waals surface area contributed by atoms with Gasteiger partial charge < -0.3 is 18.9 Å². The van der Waals surface area contributed by atoms with Crippen LogP contribution >= 0.6 is 0 Å². The third-order valence-electron chi connectivity index (χ3n) is 2.81. The SMILES string of the molecule is C/C(=C\COCC(C)C)COc1ccc2c(c1)OCO2. The summed E-state index contributed by atoms with van der Waals surface area (Å²) in [5.41, 5.74) is 1.14. The van der Waals surface area contributed by atoms with E-state index in [1.54, 1.807) is 0 Å². The Kier molecular flexibility index (Phi) is 5.30. The highest BCUT2D eigenvalue weighted by atomic mass is 16.7. The van der Waals surface area contributed by atoms with Crippen molar-refractivity contribution in [3.8, 4) is 17.2 Å². The van der Waals surface area contributed by atoms with E-state index < -0.39 is 0 Å². The number of ether oxygens (including phenoxy) is 4. The van der Waals surface area contributed by atoms with Crippen LogP contribution < -0.4 is 14.2 Å². The minimum atomic E-state index is 0.283. The Morgan fingerprint density at radius 1 is 1.30 bits per heavy atom. The second-order valence-corrected chi connectivity index (χ2v) is 5.29. The van der Waals surface area contributed by atoms with Crippen molar-refractivity contribution in [2.75, 3.05) is 26.6 Å². The Morgan fingerprint density at radius 2 is 2.10 bits per heavy atom. The molecule has 0 saturated heterocycles. The molecule has 1 heterocycles. The van der Waals surface area contributed by atoms with Crippen molar-refractivity contribution >= 4 is 0 Å². The molecular weight excluding hydrogens is 256 g/mol. The van der Waals surface area contributed by atoms with Crippen LogP contribution in [0.1, 0.15) is 20.8 Å². The minimum Gasteiger partial charge on any atom is -0.489 e. The van der Waals surface area contributed by atoms with Crippen molar-refractivity contribution in [3.05, 3.63) is 29.8 Å². The predicted octanol–water partition coefficient (Wildman–Crippen LogP) is 3.41. The summed E-state index contributed by atoms with van der Waals surface area (Å²) < 4.78 is 21.8. The second kappa shape index (κ2) is 7.20. The zero-order valence-corrected chi connectivity index (χ0v) is 12.3. The number of hydrogen-bond acceptors (Lipinski definition) is 4. The molecule has 20 heavy (non-hydrogen) atoms. The lowest BCUT2D eigenvalue weighted by Crippen LogP contribution is -2.04. The first kappa shape index (κ1) is 14.7. The molecule has 0 saturated carbocycles. The van der Waals surface area contributed by atoms with Crippen LogP contribution in [-0.4, -0.2) is 26.6 Å². The van der Waals surface area contributed by atoms with Crippen LogP contribution in [0.3, 0.4) is 0 Å². The van der Waals surface area contributed by atoms with E-state index in [4.69, 9.17) is 18.9 Å². The molecule has 1 aliphatic heterocycles. The third-order valence-corrected chi connectivity index (χ3v) is 2.81. The van der Waals surface area contributed by atoms with Gasteiger partial charge in [0, 0.05) is 12.7 Å². The quantitative estimate of drug-likeness (QED) is 0.566. The van der Waals surface area contributed by atoms with E-state index in [1.807, 2.05) is 25.1 Å². The fourth-order valence-corrected chi connectivity index (χ4v) is 1.73. The Balaban J connectivity index is 1.75. The molecule has 4 heteroatoms. The topological polar surface area (TPSA) is 36.9 Å². The van der Waals surface area contributed by atoms with Gasteiger partial charge >= 0.3 is 0 Å². The van der Waals surface area contributed by atoms with Crippen LogP contribution in [0, 0.1) is 5.92 Å². The maximum absolute atomic E-state index is 5.71. The molecule has 0 bridgehead atoms. The number of benzene rings is 1. The summed E-state index contributed by atoms with van der Waals surface area (Å²) >= 11 is 0. The van der Waals surface area contributed by atoms with Crippen molar-refractivity contribution in [1.29, 1.82) is 0 Å². The normalized spacial score (nSPS) is 13.9. The Bertz CT molecular complexity index is 466. The predicted molar refractivity (Wildman–Crippen MR) is 77.5 cm³/mol. The van der Waals surface area contributed by atoms with Crippen LogP contribution in [0.25, 0.3) is 0 Å². The van der Waals surface area contributed by atoms with Gasteiger partial charge in [-0.15, -0.1) is 0 Å². The molecule has 4 nitrogen and oxygen atoms in total. The summed E-state index contributed by atoms with van der Waals surface area (Å²) in [6.45, 7) is 8.56. The van der Waals surface area contributed by atoms with Gasteiger partial charge in [0.05, 0.1) is 6.61 Å². The summed E-state index contributed by atoms with van der Waals surface area (Å²) in [6.07, 6.45) is 2.05. The Hall–Kier alpha value is -1.68. The molecule has 0 fully saturated rings. The molecule has 0 N–H and O–H groups in total. The van der Waals surface area contributed by atoms with Crippen molar-refractivity contribution in [1.82, 2.24) is 0 Å². The average molecular weight is 278 g/mol. The maximum atomic E-state index is 5.71. The lowest BCUT2D eigenvalue weighted by molar-refractivity contribution is 0.134. The first-order valence-electron chi connectivity index (χ1n) is 6.91. The highest BCUT2D eigenvalue weighted by Crippen LogP contribution is 2.35. The largest absolute Gasteiger partial charge is 0.489 e. The summed E-state index contributed by atoms with van der Waals surface area (Å²) in [7, 11) is 0. The lowest BCUT2D eigenvalue weighted by Gasteiger charge is -2.08. The number of rotatable bonds is 7. The molecule has 0 aliphatic carbocycles. The molecule has 0 atom stereocenters. The first-order chi connectivity index (χ1) is 9.65. The lowest BCUT2D eigenvalue weighted by atomic mass is 10.2. The smallest absolute Gasteiger partial charge is 0.231 e. The fraction of sp³-hybridized carbons (Fsp3) is 0.500. The van der Waals surface area contributed by atoms with E-state index in [9.17, 15) is 0 Å². The maximum Gasteiger partial charge on any atom is 0.231 e. The van der Waals surface area contributed by atoms with Crippen molar-refractivity contribution in [3.63, 3.8) is 0 Å². The van der Waals surface area contributed by atoms with Crippen molar-refractivity contribution in [2.24, 2.45) is 5.92 Å². The number of hydrogen-bond donors (Lipinski definition) is 0. The highest BCUT2D eigenvalue weighted by molar-refractivity contribution is 5.46. The monoisotopic (exact) mass is 278 g/mol. The van der Waals surface area contributed by atoms with Crippen LogP contribution in [0.5, 0.6) is 17.2 Å². The standard InChI is InChI=1S/C16H22O4/c1-12(2)9-17-7-6-13(3)10-18-14-4-5-15-16(8-14)20-11-19-15/h4-6,8,12H,7,9-11H2,1-3H3/b13-6+. The Labute approximate surface area is 120 Å². The Morgan fingerprint density at radius 3 is 2.90 bits per heavy atom. The molecular formula is C16H22O4. The summed E-state index contributed by atoms with van der Waals surface area (Å²) in [5.74, 6) is 2.86. The third kappa shape index (κ3) is 4.46. The van der Waals surface area contributed by atoms with Gasteiger partial charge in [-0.2, -0.15) is 0 Å². The molecule has 110 valence electrons. The molecule has 0 amide bonds. The van der Waals surface area contributed by atoms with E-state index in [0.717, 1.165) is 29.4 Å².